The maximum Gasteiger partial charge on any atom is 0.0385 e. The molecular formula is C22H32N2. The van der Waals surface area contributed by atoms with Gasteiger partial charge in [-0.3, -0.25) is 0 Å². The Bertz CT molecular complexity index is 618. The van der Waals surface area contributed by atoms with E-state index in [4.69, 9.17) is 11.5 Å². The van der Waals surface area contributed by atoms with Crippen LogP contribution in [0.2, 0.25) is 0 Å². The molecule has 0 aliphatic carbocycles. The zero-order chi connectivity index (χ0) is 17.7. The van der Waals surface area contributed by atoms with Crippen LogP contribution in [0.25, 0.3) is 0 Å². The third-order valence-electron chi connectivity index (χ3n) is 4.84. The summed E-state index contributed by atoms with van der Waals surface area (Å²) in [6, 6.07) is 12.9. The van der Waals surface area contributed by atoms with Crippen LogP contribution < -0.4 is 11.5 Å². The molecule has 0 unspecified atom stereocenters. The first-order chi connectivity index (χ1) is 11.5. The molecule has 0 spiro atoms. The summed E-state index contributed by atoms with van der Waals surface area (Å²) in [6.07, 6.45) is 4.26. The molecule has 0 aliphatic heterocycles. The van der Waals surface area contributed by atoms with Gasteiger partial charge in [-0.15, -0.1) is 0 Å². The Kier molecular flexibility index (Phi) is 6.30. The van der Waals surface area contributed by atoms with Gasteiger partial charge in [-0.25, -0.2) is 0 Å². The van der Waals surface area contributed by atoms with Crippen molar-refractivity contribution in [3.63, 3.8) is 0 Å². The summed E-state index contributed by atoms with van der Waals surface area (Å²) >= 11 is 0. The van der Waals surface area contributed by atoms with Crippen LogP contribution in [-0.2, 0) is 12.8 Å². The van der Waals surface area contributed by atoms with Crippen LogP contribution in [0.1, 0.15) is 68.7 Å². The first kappa shape index (κ1) is 18.4. The van der Waals surface area contributed by atoms with Gasteiger partial charge in [0, 0.05) is 17.3 Å². The van der Waals surface area contributed by atoms with Crippen molar-refractivity contribution in [1.82, 2.24) is 0 Å². The number of aryl methyl sites for hydroxylation is 2. The van der Waals surface area contributed by atoms with Gasteiger partial charge in [0.05, 0.1) is 0 Å². The summed E-state index contributed by atoms with van der Waals surface area (Å²) in [4.78, 5) is 0. The second kappa shape index (κ2) is 8.23. The molecular weight excluding hydrogens is 292 g/mol. The Morgan fingerprint density at radius 1 is 0.750 bits per heavy atom. The van der Waals surface area contributed by atoms with Gasteiger partial charge in [0.25, 0.3) is 0 Å². The minimum absolute atomic E-state index is 0.235. The molecule has 2 heteroatoms. The van der Waals surface area contributed by atoms with Crippen molar-refractivity contribution >= 4 is 11.4 Å². The van der Waals surface area contributed by atoms with E-state index in [2.05, 4.69) is 64.1 Å². The van der Waals surface area contributed by atoms with Crippen molar-refractivity contribution in [1.29, 1.82) is 0 Å². The predicted octanol–water partition coefficient (Wildman–Crippen LogP) is 5.54. The van der Waals surface area contributed by atoms with Gasteiger partial charge < -0.3 is 11.5 Å². The van der Waals surface area contributed by atoms with E-state index < -0.39 is 0 Å². The first-order valence-corrected chi connectivity index (χ1v) is 9.25. The lowest BCUT2D eigenvalue weighted by atomic mass is 9.79. The maximum absolute atomic E-state index is 6.55. The number of rotatable bonds is 7. The molecule has 0 radical (unpaired) electrons. The molecule has 2 aromatic carbocycles. The topological polar surface area (TPSA) is 52.0 Å². The smallest absolute Gasteiger partial charge is 0.0385 e. The normalized spacial score (nSPS) is 11.4. The molecule has 4 N–H and O–H groups in total. The minimum Gasteiger partial charge on any atom is -0.398 e. The fraction of sp³-hybridized carbons (Fsp3) is 0.455. The summed E-state index contributed by atoms with van der Waals surface area (Å²) in [7, 11) is 0. The molecule has 0 saturated heterocycles. The Morgan fingerprint density at radius 3 is 1.50 bits per heavy atom. The Balaban J connectivity index is 2.56. The standard InChI is InChI=1S/C22H32N2/c1-5-9-16-11-7-13-18(21(16)23)20(15(3)4)19-14-8-12-17(10-6-2)22(19)24/h7-8,11-15,20H,5-6,9-10,23-24H2,1-4H3. The Hall–Kier alpha value is -1.96. The van der Waals surface area contributed by atoms with Crippen LogP contribution in [0.15, 0.2) is 36.4 Å². The molecule has 130 valence electrons. The predicted molar refractivity (Wildman–Crippen MR) is 106 cm³/mol. The van der Waals surface area contributed by atoms with E-state index in [0.29, 0.717) is 5.92 Å². The van der Waals surface area contributed by atoms with E-state index in [0.717, 1.165) is 37.1 Å². The maximum atomic E-state index is 6.55. The molecule has 0 amide bonds. The van der Waals surface area contributed by atoms with Gasteiger partial charge in [0.2, 0.25) is 0 Å². The molecule has 0 saturated carbocycles. The lowest BCUT2D eigenvalue weighted by Gasteiger charge is -2.27. The zero-order valence-corrected chi connectivity index (χ0v) is 15.6. The first-order valence-electron chi connectivity index (χ1n) is 9.25. The van der Waals surface area contributed by atoms with Crippen LogP contribution in [0.5, 0.6) is 0 Å². The summed E-state index contributed by atoms with van der Waals surface area (Å²) in [5.41, 5.74) is 19.9. The second-order valence-corrected chi connectivity index (χ2v) is 7.06. The molecule has 0 aliphatic rings. The zero-order valence-electron chi connectivity index (χ0n) is 15.6. The van der Waals surface area contributed by atoms with E-state index >= 15 is 0 Å². The van der Waals surface area contributed by atoms with Crippen LogP contribution in [0.4, 0.5) is 11.4 Å². The third kappa shape index (κ3) is 3.75. The molecule has 2 aromatic rings. The van der Waals surface area contributed by atoms with Gasteiger partial charge in [0.1, 0.15) is 0 Å². The molecule has 2 nitrogen and oxygen atoms in total. The highest BCUT2D eigenvalue weighted by Gasteiger charge is 2.24. The average molecular weight is 325 g/mol. The number of hydrogen-bond acceptors (Lipinski definition) is 2. The number of nitrogens with two attached hydrogens (primary N) is 2. The monoisotopic (exact) mass is 324 g/mol. The van der Waals surface area contributed by atoms with E-state index in [1.165, 1.54) is 22.3 Å². The Labute approximate surface area is 147 Å². The minimum atomic E-state index is 0.235. The van der Waals surface area contributed by atoms with E-state index in [9.17, 15) is 0 Å². The van der Waals surface area contributed by atoms with Crippen LogP contribution >= 0.6 is 0 Å². The second-order valence-electron chi connectivity index (χ2n) is 7.06. The summed E-state index contributed by atoms with van der Waals surface area (Å²) in [5.74, 6) is 0.668. The van der Waals surface area contributed by atoms with Crippen LogP contribution in [0, 0.1) is 5.92 Å². The SMILES string of the molecule is CCCc1cccc(C(c2cccc(CCC)c2N)C(C)C)c1N. The van der Waals surface area contributed by atoms with Gasteiger partial charge in [-0.2, -0.15) is 0 Å². The fourth-order valence-corrected chi connectivity index (χ4v) is 3.67. The molecule has 0 bridgehead atoms. The highest BCUT2D eigenvalue weighted by atomic mass is 14.6. The van der Waals surface area contributed by atoms with E-state index in [1.807, 2.05) is 0 Å². The molecule has 0 aromatic heterocycles. The van der Waals surface area contributed by atoms with Crippen molar-refractivity contribution in [2.75, 3.05) is 11.5 Å². The summed E-state index contributed by atoms with van der Waals surface area (Å²) in [5, 5.41) is 0. The largest absolute Gasteiger partial charge is 0.398 e. The van der Waals surface area contributed by atoms with Crippen molar-refractivity contribution in [2.24, 2.45) is 5.92 Å². The van der Waals surface area contributed by atoms with E-state index in [1.54, 1.807) is 0 Å². The lowest BCUT2D eigenvalue weighted by Crippen LogP contribution is -2.15. The van der Waals surface area contributed by atoms with Crippen LogP contribution in [-0.4, -0.2) is 0 Å². The fourth-order valence-electron chi connectivity index (χ4n) is 3.67. The highest BCUT2D eigenvalue weighted by molar-refractivity contribution is 5.63. The van der Waals surface area contributed by atoms with Crippen molar-refractivity contribution in [3.8, 4) is 0 Å². The van der Waals surface area contributed by atoms with Gasteiger partial charge in [0.15, 0.2) is 0 Å². The quantitative estimate of drug-likeness (QED) is 0.657. The van der Waals surface area contributed by atoms with E-state index in [-0.39, 0.29) is 5.92 Å². The molecule has 2 rings (SSSR count). The summed E-state index contributed by atoms with van der Waals surface area (Å²) < 4.78 is 0. The molecule has 24 heavy (non-hydrogen) atoms. The van der Waals surface area contributed by atoms with Crippen molar-refractivity contribution < 1.29 is 0 Å². The van der Waals surface area contributed by atoms with Gasteiger partial charge in [-0.1, -0.05) is 76.9 Å². The molecule has 0 atom stereocenters. The number of benzene rings is 2. The molecule has 0 heterocycles. The highest BCUT2D eigenvalue weighted by Crippen LogP contribution is 2.40. The van der Waals surface area contributed by atoms with Gasteiger partial charge >= 0.3 is 0 Å². The average Bonchev–Trinajstić information content (AvgIpc) is 2.54. The van der Waals surface area contributed by atoms with Crippen LogP contribution in [0.3, 0.4) is 0 Å². The third-order valence-corrected chi connectivity index (χ3v) is 4.84. The van der Waals surface area contributed by atoms with Crippen molar-refractivity contribution in [2.45, 2.75) is 59.3 Å². The lowest BCUT2D eigenvalue weighted by molar-refractivity contribution is 0.565. The molecule has 0 fully saturated rings. The Morgan fingerprint density at radius 2 is 1.17 bits per heavy atom. The number of nitrogen functional groups attached to an aromatic ring is 2. The number of hydrogen-bond donors (Lipinski definition) is 2. The summed E-state index contributed by atoms with van der Waals surface area (Å²) in [6.45, 7) is 8.89. The number of anilines is 2. The van der Waals surface area contributed by atoms with Gasteiger partial charge in [-0.05, 0) is 41.0 Å². The van der Waals surface area contributed by atoms with Crippen molar-refractivity contribution in [3.05, 3.63) is 58.7 Å². The number of para-hydroxylation sites is 2.